The molecule has 0 radical (unpaired) electrons. The van der Waals surface area contributed by atoms with Gasteiger partial charge in [-0.25, -0.2) is 9.67 Å². The van der Waals surface area contributed by atoms with Crippen molar-refractivity contribution in [2.75, 3.05) is 0 Å². The lowest BCUT2D eigenvalue weighted by Gasteiger charge is -2.34. The lowest BCUT2D eigenvalue weighted by molar-refractivity contribution is 0.396. The summed E-state index contributed by atoms with van der Waals surface area (Å²) in [5.41, 5.74) is 6.85. The Kier molecular flexibility index (Phi) is 8.64. The van der Waals surface area contributed by atoms with Crippen LogP contribution in [-0.2, 0) is 18.6 Å². The third-order valence-corrected chi connectivity index (χ3v) is 9.56. The number of benzene rings is 5. The number of tetrazole rings is 1. The Hall–Kier alpha value is -6.41. The quantitative estimate of drug-likeness (QED) is 0.130. The lowest BCUT2D eigenvalue weighted by atomic mass is 9.77. The highest BCUT2D eigenvalue weighted by molar-refractivity contribution is 5.80. The summed E-state index contributed by atoms with van der Waals surface area (Å²) >= 11 is 0. The van der Waals surface area contributed by atoms with Crippen molar-refractivity contribution < 1.29 is 0 Å². The van der Waals surface area contributed by atoms with Crippen molar-refractivity contribution in [1.82, 2.24) is 34.6 Å². The maximum atomic E-state index is 13.4. The standard InChI is InChI=1S/C43H37N7O/c1-2-3-30-48-41-39(24-15-29-44-41)42(51)49(48)31-32-25-27-33(28-26-32)37-22-13-14-23-38(37)40-45-47-50(46-40)43(34-16-7-4-8-17-34,35-18-9-5-10-19-35)36-20-11-6-12-21-36/h4-29H,2-3,30-31H2,1H3. The first-order valence-electron chi connectivity index (χ1n) is 17.4. The molecule has 0 atom stereocenters. The molecular weight excluding hydrogens is 631 g/mol. The van der Waals surface area contributed by atoms with Crippen LogP contribution in [0, 0.1) is 0 Å². The van der Waals surface area contributed by atoms with E-state index in [2.05, 4.69) is 78.6 Å². The summed E-state index contributed by atoms with van der Waals surface area (Å²) < 4.78 is 3.84. The van der Waals surface area contributed by atoms with Gasteiger partial charge in [-0.15, -0.1) is 15.0 Å². The molecule has 0 N–H and O–H groups in total. The van der Waals surface area contributed by atoms with Gasteiger partial charge >= 0.3 is 0 Å². The Bertz CT molecular complexity index is 2350. The predicted octanol–water partition coefficient (Wildman–Crippen LogP) is 8.21. The second-order valence-electron chi connectivity index (χ2n) is 12.7. The van der Waals surface area contributed by atoms with Gasteiger partial charge in [-0.3, -0.25) is 9.48 Å². The van der Waals surface area contributed by atoms with E-state index in [0.717, 1.165) is 64.0 Å². The van der Waals surface area contributed by atoms with Crippen molar-refractivity contribution in [3.8, 4) is 22.5 Å². The van der Waals surface area contributed by atoms with E-state index in [0.29, 0.717) is 17.8 Å². The molecule has 8 nitrogen and oxygen atoms in total. The van der Waals surface area contributed by atoms with E-state index in [1.807, 2.05) is 94.3 Å². The Morgan fingerprint density at radius 1 is 0.627 bits per heavy atom. The van der Waals surface area contributed by atoms with Gasteiger partial charge in [-0.2, -0.15) is 0 Å². The highest BCUT2D eigenvalue weighted by atomic mass is 16.1. The van der Waals surface area contributed by atoms with Crippen molar-refractivity contribution in [2.45, 2.75) is 38.4 Å². The fourth-order valence-electron chi connectivity index (χ4n) is 7.07. The number of hydrogen-bond acceptors (Lipinski definition) is 5. The van der Waals surface area contributed by atoms with E-state index in [1.54, 1.807) is 11.0 Å². The average Bonchev–Trinajstić information content (AvgIpc) is 3.79. The lowest BCUT2D eigenvalue weighted by Crippen LogP contribution is -2.39. The van der Waals surface area contributed by atoms with Gasteiger partial charge in [0.15, 0.2) is 11.2 Å². The number of nitrogens with zero attached hydrogens (tertiary/aromatic N) is 7. The number of aryl methyl sites for hydroxylation is 1. The number of aromatic nitrogens is 7. The molecular formula is C43H37N7O. The van der Waals surface area contributed by atoms with Gasteiger partial charge < -0.3 is 0 Å². The first kappa shape index (κ1) is 31.8. The van der Waals surface area contributed by atoms with Gasteiger partial charge in [0.1, 0.15) is 0 Å². The fourth-order valence-corrected chi connectivity index (χ4v) is 7.07. The van der Waals surface area contributed by atoms with Crippen LogP contribution in [0.25, 0.3) is 33.5 Å². The minimum Gasteiger partial charge on any atom is -0.267 e. The van der Waals surface area contributed by atoms with Crippen LogP contribution in [0.5, 0.6) is 0 Å². The topological polar surface area (TPSA) is 83.4 Å². The molecule has 3 aromatic heterocycles. The summed E-state index contributed by atoms with van der Waals surface area (Å²) in [6.07, 6.45) is 3.75. The van der Waals surface area contributed by atoms with Crippen LogP contribution in [0.15, 0.2) is 163 Å². The number of pyridine rings is 1. The molecule has 0 saturated carbocycles. The van der Waals surface area contributed by atoms with E-state index < -0.39 is 5.54 Å². The normalized spacial score (nSPS) is 11.6. The molecule has 51 heavy (non-hydrogen) atoms. The molecule has 0 bridgehead atoms. The summed E-state index contributed by atoms with van der Waals surface area (Å²) in [6.45, 7) is 3.35. The summed E-state index contributed by atoms with van der Waals surface area (Å²) in [5, 5.41) is 15.3. The Morgan fingerprint density at radius 3 is 1.82 bits per heavy atom. The van der Waals surface area contributed by atoms with Gasteiger partial charge in [0.2, 0.25) is 5.82 Å². The minimum atomic E-state index is -0.862. The summed E-state index contributed by atoms with van der Waals surface area (Å²) in [7, 11) is 0. The van der Waals surface area contributed by atoms with E-state index in [4.69, 9.17) is 15.4 Å². The Morgan fingerprint density at radius 2 is 1.22 bits per heavy atom. The number of rotatable bonds is 11. The van der Waals surface area contributed by atoms with E-state index >= 15 is 0 Å². The molecule has 0 aliphatic heterocycles. The van der Waals surface area contributed by atoms with Crippen LogP contribution in [0.2, 0.25) is 0 Å². The molecule has 0 saturated heterocycles. The Balaban J connectivity index is 1.18. The first-order chi connectivity index (χ1) is 25.2. The molecule has 5 aromatic carbocycles. The molecule has 0 spiro atoms. The molecule has 0 aliphatic rings. The number of fused-ring (bicyclic) bond motifs is 1. The van der Waals surface area contributed by atoms with Crippen LogP contribution in [0.1, 0.15) is 42.0 Å². The second-order valence-corrected chi connectivity index (χ2v) is 12.7. The van der Waals surface area contributed by atoms with E-state index in [-0.39, 0.29) is 5.56 Å². The molecule has 0 fully saturated rings. The van der Waals surface area contributed by atoms with Crippen LogP contribution in [0.4, 0.5) is 0 Å². The molecule has 0 unspecified atom stereocenters. The van der Waals surface area contributed by atoms with Crippen molar-refractivity contribution in [2.24, 2.45) is 0 Å². The molecule has 250 valence electrons. The third-order valence-electron chi connectivity index (χ3n) is 9.56. The van der Waals surface area contributed by atoms with Gasteiger partial charge in [-0.1, -0.05) is 153 Å². The van der Waals surface area contributed by atoms with E-state index in [1.165, 1.54) is 0 Å². The second kappa shape index (κ2) is 13.8. The smallest absolute Gasteiger partial charge is 0.267 e. The van der Waals surface area contributed by atoms with Gasteiger partial charge in [-0.05, 0) is 57.1 Å². The third kappa shape index (κ3) is 5.74. The summed E-state index contributed by atoms with van der Waals surface area (Å²) in [5.74, 6) is 0.529. The highest BCUT2D eigenvalue weighted by Gasteiger charge is 2.41. The first-order valence-corrected chi connectivity index (χ1v) is 17.4. The Labute approximate surface area is 296 Å². The summed E-state index contributed by atoms with van der Waals surface area (Å²) in [4.78, 5) is 19.7. The zero-order valence-electron chi connectivity index (χ0n) is 28.4. The number of hydrogen-bond donors (Lipinski definition) is 0. The zero-order valence-corrected chi connectivity index (χ0v) is 28.4. The molecule has 8 aromatic rings. The SMILES string of the molecule is CCCCn1c2ncccc2c(=O)n1Cc1ccc(-c2ccccc2-c2nnn(C(c3ccccc3)(c3ccccc3)c3ccccc3)n2)cc1. The van der Waals surface area contributed by atoms with Crippen LogP contribution in [0.3, 0.4) is 0 Å². The van der Waals surface area contributed by atoms with Crippen molar-refractivity contribution in [3.05, 3.63) is 190 Å². The molecule has 0 aliphatic carbocycles. The van der Waals surface area contributed by atoms with Gasteiger partial charge in [0.05, 0.1) is 11.9 Å². The number of unbranched alkanes of at least 4 members (excludes halogenated alkanes) is 1. The van der Waals surface area contributed by atoms with Crippen LogP contribution < -0.4 is 5.56 Å². The largest absolute Gasteiger partial charge is 0.276 e. The minimum absolute atomic E-state index is 0.0182. The van der Waals surface area contributed by atoms with E-state index in [9.17, 15) is 4.79 Å². The fraction of sp³-hybridized carbons (Fsp3) is 0.140. The van der Waals surface area contributed by atoms with Crippen molar-refractivity contribution >= 4 is 11.0 Å². The highest BCUT2D eigenvalue weighted by Crippen LogP contribution is 2.40. The molecule has 8 heteroatoms. The van der Waals surface area contributed by atoms with Gasteiger partial charge in [0, 0.05) is 18.3 Å². The maximum absolute atomic E-state index is 13.4. The van der Waals surface area contributed by atoms with Crippen LogP contribution in [-0.4, -0.2) is 34.6 Å². The molecule has 0 amide bonds. The predicted molar refractivity (Wildman–Crippen MR) is 201 cm³/mol. The monoisotopic (exact) mass is 667 g/mol. The van der Waals surface area contributed by atoms with Crippen molar-refractivity contribution in [3.63, 3.8) is 0 Å². The van der Waals surface area contributed by atoms with Crippen molar-refractivity contribution in [1.29, 1.82) is 0 Å². The van der Waals surface area contributed by atoms with Crippen LogP contribution >= 0.6 is 0 Å². The molecule has 3 heterocycles. The maximum Gasteiger partial charge on any atom is 0.276 e. The van der Waals surface area contributed by atoms with Gasteiger partial charge in [0.25, 0.3) is 5.56 Å². The molecule has 8 rings (SSSR count). The zero-order chi connectivity index (χ0) is 34.6. The summed E-state index contributed by atoms with van der Waals surface area (Å²) in [6, 6.07) is 51.3. The average molecular weight is 668 g/mol.